The summed E-state index contributed by atoms with van der Waals surface area (Å²) >= 11 is 1.38. The molecule has 2 aromatic carbocycles. The zero-order chi connectivity index (χ0) is 25.7. The Morgan fingerprint density at radius 2 is 1.86 bits per heavy atom. The SMILES string of the molecule is CC(C)c1ccccc1Sc1ccc(C=CC(=O)N2CCN(C)C(C(=O)N(C)C)C2)cc1[N+](=O)[O-]. The quantitative estimate of drug-likeness (QED) is 0.326. The van der Waals surface area contributed by atoms with E-state index in [0.29, 0.717) is 36.0 Å². The molecule has 8 nitrogen and oxygen atoms in total. The molecule has 2 aromatic rings. The van der Waals surface area contributed by atoms with Gasteiger partial charge in [-0.05, 0) is 42.3 Å². The number of carbonyl (C=O) groups is 2. The van der Waals surface area contributed by atoms with Crippen LogP contribution in [0.4, 0.5) is 5.69 Å². The molecule has 0 radical (unpaired) electrons. The molecule has 1 atom stereocenters. The van der Waals surface area contributed by atoms with Gasteiger partial charge in [0.2, 0.25) is 11.8 Å². The van der Waals surface area contributed by atoms with Crippen molar-refractivity contribution in [2.24, 2.45) is 0 Å². The number of hydrogen-bond acceptors (Lipinski definition) is 6. The van der Waals surface area contributed by atoms with Gasteiger partial charge in [-0.2, -0.15) is 0 Å². The molecule has 1 saturated heterocycles. The van der Waals surface area contributed by atoms with Gasteiger partial charge in [0.1, 0.15) is 6.04 Å². The first-order valence-electron chi connectivity index (χ1n) is 11.5. The first kappa shape index (κ1) is 26.4. The highest BCUT2D eigenvalue weighted by molar-refractivity contribution is 7.99. The summed E-state index contributed by atoms with van der Waals surface area (Å²) in [5.41, 5.74) is 1.71. The van der Waals surface area contributed by atoms with Crippen LogP contribution in [0.3, 0.4) is 0 Å². The lowest BCUT2D eigenvalue weighted by atomic mass is 10.0. The van der Waals surface area contributed by atoms with Crippen molar-refractivity contribution in [3.8, 4) is 0 Å². The number of rotatable bonds is 7. The van der Waals surface area contributed by atoms with E-state index in [0.717, 1.165) is 10.5 Å². The van der Waals surface area contributed by atoms with Crippen LogP contribution in [-0.4, -0.2) is 78.3 Å². The van der Waals surface area contributed by atoms with Crippen molar-refractivity contribution in [3.05, 3.63) is 69.8 Å². The summed E-state index contributed by atoms with van der Waals surface area (Å²) in [6, 6.07) is 12.5. The highest BCUT2D eigenvalue weighted by Crippen LogP contribution is 2.39. The number of nitro benzene ring substituents is 1. The second kappa shape index (κ2) is 11.5. The molecule has 0 saturated carbocycles. The summed E-state index contributed by atoms with van der Waals surface area (Å²) in [5.74, 6) is 0.0338. The third-order valence-electron chi connectivity index (χ3n) is 6.04. The molecule has 0 aliphatic carbocycles. The summed E-state index contributed by atoms with van der Waals surface area (Å²) < 4.78 is 0. The van der Waals surface area contributed by atoms with Crippen molar-refractivity contribution in [1.82, 2.24) is 14.7 Å². The van der Waals surface area contributed by atoms with Crippen LogP contribution < -0.4 is 0 Å². The van der Waals surface area contributed by atoms with Crippen molar-refractivity contribution >= 4 is 35.3 Å². The summed E-state index contributed by atoms with van der Waals surface area (Å²) in [6.45, 7) is 5.61. The van der Waals surface area contributed by atoms with Gasteiger partial charge in [-0.25, -0.2) is 0 Å². The molecule has 0 spiro atoms. The third-order valence-corrected chi connectivity index (χ3v) is 7.20. The van der Waals surface area contributed by atoms with Crippen LogP contribution in [0.15, 0.2) is 58.3 Å². The number of nitrogens with zero attached hydrogens (tertiary/aromatic N) is 4. The molecule has 2 amide bonds. The fourth-order valence-electron chi connectivity index (χ4n) is 3.95. The normalized spacial score (nSPS) is 16.6. The number of carbonyl (C=O) groups excluding carboxylic acids is 2. The van der Waals surface area contributed by atoms with E-state index in [1.807, 2.05) is 36.2 Å². The maximum atomic E-state index is 12.8. The highest BCUT2D eigenvalue weighted by Gasteiger charge is 2.32. The molecular formula is C26H32N4O4S. The molecule has 1 aliphatic rings. The van der Waals surface area contributed by atoms with E-state index in [9.17, 15) is 19.7 Å². The minimum absolute atomic E-state index is 0.000556. The minimum Gasteiger partial charge on any atom is -0.347 e. The van der Waals surface area contributed by atoms with Gasteiger partial charge in [0.15, 0.2) is 0 Å². The van der Waals surface area contributed by atoms with E-state index in [1.165, 1.54) is 28.8 Å². The Morgan fingerprint density at radius 1 is 1.14 bits per heavy atom. The van der Waals surface area contributed by atoms with Crippen LogP contribution in [-0.2, 0) is 9.59 Å². The number of nitro groups is 1. The standard InChI is InChI=1S/C26H32N4O4S/c1-18(2)20-8-6-7-9-23(20)35-24-12-10-19(16-21(24)30(33)34)11-13-25(31)29-15-14-28(5)22(17-29)26(32)27(3)4/h6-13,16,18,22H,14-15,17H2,1-5H3. The first-order valence-corrected chi connectivity index (χ1v) is 12.3. The maximum absolute atomic E-state index is 12.8. The Morgan fingerprint density at radius 3 is 2.51 bits per heavy atom. The first-order chi connectivity index (χ1) is 16.6. The average molecular weight is 497 g/mol. The van der Waals surface area contributed by atoms with Gasteiger partial charge < -0.3 is 9.80 Å². The average Bonchev–Trinajstić information content (AvgIpc) is 2.83. The topological polar surface area (TPSA) is 87.0 Å². The number of piperazine rings is 1. The lowest BCUT2D eigenvalue weighted by Gasteiger charge is -2.39. The minimum atomic E-state index is -0.391. The number of benzene rings is 2. The smallest absolute Gasteiger partial charge is 0.283 e. The molecule has 35 heavy (non-hydrogen) atoms. The number of hydrogen-bond donors (Lipinski definition) is 0. The van der Waals surface area contributed by atoms with E-state index < -0.39 is 4.92 Å². The summed E-state index contributed by atoms with van der Waals surface area (Å²) in [5, 5.41) is 11.8. The third kappa shape index (κ3) is 6.49. The number of likely N-dealkylation sites (N-methyl/N-ethyl adjacent to an activating group) is 2. The van der Waals surface area contributed by atoms with Crippen LogP contribution in [0.1, 0.15) is 30.9 Å². The van der Waals surface area contributed by atoms with Gasteiger partial charge in [0, 0.05) is 50.8 Å². The van der Waals surface area contributed by atoms with Crippen molar-refractivity contribution in [1.29, 1.82) is 0 Å². The van der Waals surface area contributed by atoms with E-state index in [4.69, 9.17) is 0 Å². The monoisotopic (exact) mass is 496 g/mol. The van der Waals surface area contributed by atoms with Crippen LogP contribution in [0.2, 0.25) is 0 Å². The molecule has 0 bridgehead atoms. The Balaban J connectivity index is 1.77. The Bertz CT molecular complexity index is 1130. The molecule has 1 aliphatic heterocycles. The van der Waals surface area contributed by atoms with Crippen molar-refractivity contribution in [2.45, 2.75) is 35.6 Å². The van der Waals surface area contributed by atoms with E-state index >= 15 is 0 Å². The predicted octanol–water partition coefficient (Wildman–Crippen LogP) is 4.11. The Labute approximate surface area is 210 Å². The summed E-state index contributed by atoms with van der Waals surface area (Å²) in [7, 11) is 5.28. The fraction of sp³-hybridized carbons (Fsp3) is 0.385. The molecular weight excluding hydrogens is 464 g/mol. The molecule has 3 rings (SSSR count). The molecule has 1 heterocycles. The van der Waals surface area contributed by atoms with Gasteiger partial charge in [-0.15, -0.1) is 0 Å². The van der Waals surface area contributed by atoms with Crippen molar-refractivity contribution < 1.29 is 14.5 Å². The van der Waals surface area contributed by atoms with Crippen molar-refractivity contribution in [2.75, 3.05) is 40.8 Å². The Hall–Kier alpha value is -3.17. The van der Waals surface area contributed by atoms with Crippen molar-refractivity contribution in [3.63, 3.8) is 0 Å². The van der Waals surface area contributed by atoms with Gasteiger partial charge in [-0.1, -0.05) is 49.9 Å². The highest BCUT2D eigenvalue weighted by atomic mass is 32.2. The van der Waals surface area contributed by atoms with Gasteiger partial charge >= 0.3 is 0 Å². The van der Waals surface area contributed by atoms with Crippen LogP contribution in [0.25, 0.3) is 6.08 Å². The van der Waals surface area contributed by atoms with Crippen LogP contribution in [0.5, 0.6) is 0 Å². The lowest BCUT2D eigenvalue weighted by molar-refractivity contribution is -0.387. The molecule has 0 N–H and O–H groups in total. The Kier molecular flexibility index (Phi) is 8.69. The summed E-state index contributed by atoms with van der Waals surface area (Å²) in [4.78, 5) is 43.3. The zero-order valence-corrected chi connectivity index (χ0v) is 21.6. The van der Waals surface area contributed by atoms with Crippen LogP contribution >= 0.6 is 11.8 Å². The summed E-state index contributed by atoms with van der Waals surface area (Å²) in [6.07, 6.45) is 3.01. The van der Waals surface area contributed by atoms with E-state index in [2.05, 4.69) is 13.8 Å². The second-order valence-corrected chi connectivity index (χ2v) is 10.2. The molecule has 1 unspecified atom stereocenters. The van der Waals surface area contributed by atoms with E-state index in [-0.39, 0.29) is 23.5 Å². The largest absolute Gasteiger partial charge is 0.347 e. The fourth-order valence-corrected chi connectivity index (χ4v) is 5.13. The zero-order valence-electron chi connectivity index (χ0n) is 20.8. The predicted molar refractivity (Wildman–Crippen MR) is 138 cm³/mol. The lowest BCUT2D eigenvalue weighted by Crippen LogP contribution is -2.58. The molecule has 9 heteroatoms. The van der Waals surface area contributed by atoms with Gasteiger partial charge in [0.05, 0.1) is 9.82 Å². The molecule has 186 valence electrons. The molecule has 0 aromatic heterocycles. The number of amides is 2. The van der Waals surface area contributed by atoms with E-state index in [1.54, 1.807) is 37.2 Å². The second-order valence-electron chi connectivity index (χ2n) is 9.13. The van der Waals surface area contributed by atoms with Crippen LogP contribution in [0, 0.1) is 10.1 Å². The molecule has 1 fully saturated rings. The maximum Gasteiger partial charge on any atom is 0.283 e. The van der Waals surface area contributed by atoms with Gasteiger partial charge in [-0.3, -0.25) is 24.6 Å². The van der Waals surface area contributed by atoms with Gasteiger partial charge in [0.25, 0.3) is 5.69 Å².